The predicted octanol–water partition coefficient (Wildman–Crippen LogP) is 3.19. The number of anilines is 1. The van der Waals surface area contributed by atoms with E-state index in [1.165, 1.54) is 6.07 Å². The molecule has 1 amide bonds. The predicted molar refractivity (Wildman–Crippen MR) is 102 cm³/mol. The number of carbonyl (C=O) groups excluding carboxylic acids is 1. The second-order valence-electron chi connectivity index (χ2n) is 6.11. The molecule has 0 spiro atoms. The van der Waals surface area contributed by atoms with E-state index in [2.05, 4.69) is 5.32 Å². The summed E-state index contributed by atoms with van der Waals surface area (Å²) < 4.78 is 30.1. The van der Waals surface area contributed by atoms with Crippen LogP contribution in [-0.2, 0) is 14.6 Å². The third-order valence-corrected chi connectivity index (χ3v) is 5.88. The third kappa shape index (κ3) is 4.83. The van der Waals surface area contributed by atoms with Crippen LogP contribution in [-0.4, -0.2) is 26.1 Å². The minimum absolute atomic E-state index is 0.00388. The first-order valence-electron chi connectivity index (χ1n) is 8.40. The van der Waals surface area contributed by atoms with Crippen LogP contribution >= 0.6 is 0 Å². The molecule has 3 N–H and O–H groups in total. The topological polar surface area (TPSA) is 98.5 Å². The zero-order valence-electron chi connectivity index (χ0n) is 15.1. The molecule has 2 rings (SSSR count). The van der Waals surface area contributed by atoms with Crippen LogP contribution in [0.3, 0.4) is 0 Å². The number of benzene rings is 2. The van der Waals surface area contributed by atoms with Gasteiger partial charge in [-0.3, -0.25) is 4.79 Å². The van der Waals surface area contributed by atoms with Crippen LogP contribution in [0.2, 0.25) is 0 Å². The highest BCUT2D eigenvalue weighted by Crippen LogP contribution is 2.30. The second-order valence-corrected chi connectivity index (χ2v) is 8.36. The molecule has 6 nitrogen and oxygen atoms in total. The molecule has 0 aliphatic rings. The van der Waals surface area contributed by atoms with Crippen molar-refractivity contribution in [1.82, 2.24) is 0 Å². The Morgan fingerprint density at radius 1 is 1.12 bits per heavy atom. The summed E-state index contributed by atoms with van der Waals surface area (Å²) in [6, 6.07) is 13.0. The van der Waals surface area contributed by atoms with Crippen LogP contribution in [0, 0.1) is 5.92 Å². The highest BCUT2D eigenvalue weighted by molar-refractivity contribution is 7.91. The van der Waals surface area contributed by atoms with E-state index in [9.17, 15) is 13.2 Å². The van der Waals surface area contributed by atoms with Crippen molar-refractivity contribution in [1.29, 1.82) is 0 Å². The zero-order chi connectivity index (χ0) is 19.3. The molecular weight excluding hydrogens is 352 g/mol. The summed E-state index contributed by atoms with van der Waals surface area (Å²) >= 11 is 0. The quantitative estimate of drug-likeness (QED) is 0.773. The normalized spacial score (nSPS) is 13.7. The van der Waals surface area contributed by atoms with Crippen molar-refractivity contribution >= 4 is 21.4 Å². The number of rotatable bonds is 7. The number of amides is 1. The highest BCUT2D eigenvalue weighted by Gasteiger charge is 2.18. The molecule has 7 heteroatoms. The molecule has 140 valence electrons. The minimum atomic E-state index is -3.38. The smallest absolute Gasteiger partial charge is 0.228 e. The lowest BCUT2D eigenvalue weighted by Gasteiger charge is -2.15. The van der Waals surface area contributed by atoms with Crippen LogP contribution in [0.25, 0.3) is 0 Å². The maximum Gasteiger partial charge on any atom is 0.228 e. The summed E-state index contributed by atoms with van der Waals surface area (Å²) in [5.41, 5.74) is 6.35. The number of ether oxygens (including phenoxy) is 1. The average Bonchev–Trinajstić information content (AvgIpc) is 2.62. The second kappa shape index (κ2) is 8.33. The van der Waals surface area contributed by atoms with Crippen molar-refractivity contribution < 1.29 is 17.9 Å². The molecule has 26 heavy (non-hydrogen) atoms. The average molecular weight is 376 g/mol. The lowest BCUT2D eigenvalue weighted by atomic mass is 10.0. The van der Waals surface area contributed by atoms with Crippen molar-refractivity contribution in [2.45, 2.75) is 31.7 Å². The molecule has 0 aromatic heterocycles. The summed E-state index contributed by atoms with van der Waals surface area (Å²) in [5, 5.41) is 2.79. The third-order valence-electron chi connectivity index (χ3n) is 4.12. The zero-order valence-corrected chi connectivity index (χ0v) is 15.9. The van der Waals surface area contributed by atoms with Crippen molar-refractivity contribution in [3.05, 3.63) is 48.5 Å². The molecule has 0 radical (unpaired) electrons. The number of carbonyl (C=O) groups is 1. The van der Waals surface area contributed by atoms with Gasteiger partial charge in [-0.2, -0.15) is 0 Å². The van der Waals surface area contributed by atoms with Gasteiger partial charge in [-0.05, 0) is 43.3 Å². The first kappa shape index (κ1) is 19.9. The van der Waals surface area contributed by atoms with E-state index < -0.39 is 9.84 Å². The molecule has 0 aliphatic carbocycles. The Bertz CT molecular complexity index is 861. The number of para-hydroxylation sites is 1. The summed E-state index contributed by atoms with van der Waals surface area (Å²) in [4.78, 5) is 12.2. The van der Waals surface area contributed by atoms with Gasteiger partial charge in [0.2, 0.25) is 5.91 Å². The van der Waals surface area contributed by atoms with Crippen LogP contribution in [0.4, 0.5) is 5.69 Å². The molecular formula is C19H24N2O4S. The first-order chi connectivity index (χ1) is 12.2. The Hall–Kier alpha value is -2.38. The highest BCUT2D eigenvalue weighted by atomic mass is 32.2. The molecule has 0 saturated heterocycles. The van der Waals surface area contributed by atoms with Crippen molar-refractivity contribution in [2.75, 3.05) is 11.1 Å². The fourth-order valence-electron chi connectivity index (χ4n) is 2.18. The van der Waals surface area contributed by atoms with Gasteiger partial charge in [-0.15, -0.1) is 0 Å². The monoisotopic (exact) mass is 376 g/mol. The molecule has 0 bridgehead atoms. The van der Waals surface area contributed by atoms with E-state index in [0.29, 0.717) is 11.4 Å². The molecule has 0 saturated carbocycles. The Kier molecular flexibility index (Phi) is 6.39. The summed E-state index contributed by atoms with van der Waals surface area (Å²) in [7, 11) is -3.38. The van der Waals surface area contributed by atoms with Crippen LogP contribution < -0.4 is 15.8 Å². The Morgan fingerprint density at radius 2 is 1.73 bits per heavy atom. The van der Waals surface area contributed by atoms with E-state index in [0.717, 1.165) is 0 Å². The van der Waals surface area contributed by atoms with E-state index in [1.807, 2.05) is 0 Å². The van der Waals surface area contributed by atoms with Gasteiger partial charge in [0.05, 0.1) is 11.7 Å². The number of nitrogens with two attached hydrogens (primary N) is 1. The van der Waals surface area contributed by atoms with Gasteiger partial charge in [-0.1, -0.05) is 26.0 Å². The SMILES string of the molecule is CCS(=O)(=O)c1ccccc1Oc1ccc(NC(=O)C(C)C(C)N)cc1. The molecule has 2 aromatic rings. The van der Waals surface area contributed by atoms with Gasteiger partial charge in [0, 0.05) is 11.7 Å². The van der Waals surface area contributed by atoms with Crippen LogP contribution in [0.1, 0.15) is 20.8 Å². The number of hydrogen-bond acceptors (Lipinski definition) is 5. The van der Waals surface area contributed by atoms with Gasteiger partial charge in [-0.25, -0.2) is 8.42 Å². The largest absolute Gasteiger partial charge is 0.456 e. The van der Waals surface area contributed by atoms with Crippen LogP contribution in [0.5, 0.6) is 11.5 Å². The van der Waals surface area contributed by atoms with Gasteiger partial charge < -0.3 is 15.8 Å². The summed E-state index contributed by atoms with van der Waals surface area (Å²) in [6.45, 7) is 5.14. The van der Waals surface area contributed by atoms with Gasteiger partial charge >= 0.3 is 0 Å². The molecule has 0 heterocycles. The number of sulfone groups is 1. The molecule has 2 atom stereocenters. The van der Waals surface area contributed by atoms with Crippen molar-refractivity contribution in [3.8, 4) is 11.5 Å². The Morgan fingerprint density at radius 3 is 2.31 bits per heavy atom. The maximum absolute atomic E-state index is 12.2. The lowest BCUT2D eigenvalue weighted by molar-refractivity contribution is -0.119. The summed E-state index contributed by atoms with van der Waals surface area (Å²) in [5.74, 6) is 0.277. The molecule has 0 aliphatic heterocycles. The van der Waals surface area contributed by atoms with E-state index in [-0.39, 0.29) is 34.3 Å². The van der Waals surface area contributed by atoms with Crippen molar-refractivity contribution in [3.63, 3.8) is 0 Å². The van der Waals surface area contributed by atoms with Crippen LogP contribution in [0.15, 0.2) is 53.4 Å². The molecule has 0 fully saturated rings. The lowest BCUT2D eigenvalue weighted by Crippen LogP contribution is -2.34. The fourth-order valence-corrected chi connectivity index (χ4v) is 3.19. The Balaban J connectivity index is 2.15. The summed E-state index contributed by atoms with van der Waals surface area (Å²) in [6.07, 6.45) is 0. The van der Waals surface area contributed by atoms with Gasteiger partial charge in [0.25, 0.3) is 0 Å². The maximum atomic E-state index is 12.2. The van der Waals surface area contributed by atoms with E-state index in [4.69, 9.17) is 10.5 Å². The van der Waals surface area contributed by atoms with E-state index >= 15 is 0 Å². The van der Waals surface area contributed by atoms with Gasteiger partial charge in [0.1, 0.15) is 16.4 Å². The minimum Gasteiger partial charge on any atom is -0.456 e. The molecule has 2 unspecified atom stereocenters. The Labute approximate surface area is 154 Å². The first-order valence-corrected chi connectivity index (χ1v) is 10.1. The number of nitrogens with one attached hydrogen (secondary N) is 1. The van der Waals surface area contributed by atoms with Crippen molar-refractivity contribution in [2.24, 2.45) is 11.7 Å². The van der Waals surface area contributed by atoms with E-state index in [1.54, 1.807) is 63.2 Å². The number of hydrogen-bond donors (Lipinski definition) is 2. The molecule has 2 aromatic carbocycles. The standard InChI is InChI=1S/C19H24N2O4S/c1-4-26(23,24)18-8-6-5-7-17(18)25-16-11-9-15(10-12-16)21-19(22)13(2)14(3)20/h5-14H,4,20H2,1-3H3,(H,21,22). The van der Waals surface area contributed by atoms with Gasteiger partial charge in [0.15, 0.2) is 9.84 Å². The fraction of sp³-hybridized carbons (Fsp3) is 0.316.